The molecule has 10 heteroatoms. The van der Waals surface area contributed by atoms with E-state index in [1.165, 1.54) is 0 Å². The number of ether oxygens (including phenoxy) is 2. The second-order valence-corrected chi connectivity index (χ2v) is 14.1. The third-order valence-electron chi connectivity index (χ3n) is 9.21. The number of thioether (sulfide) groups is 1. The zero-order chi connectivity index (χ0) is 31.9. The molecule has 4 aromatic carbocycles. The quantitative estimate of drug-likeness (QED) is 0.130. The molecule has 2 aliphatic heterocycles. The van der Waals surface area contributed by atoms with E-state index in [0.717, 1.165) is 34.0 Å². The van der Waals surface area contributed by atoms with Gasteiger partial charge in [0.1, 0.15) is 40.8 Å². The van der Waals surface area contributed by atoms with E-state index >= 15 is 0 Å². The van der Waals surface area contributed by atoms with Crippen LogP contribution in [0.4, 0.5) is 11.4 Å². The van der Waals surface area contributed by atoms with Crippen molar-refractivity contribution in [3.63, 3.8) is 0 Å². The van der Waals surface area contributed by atoms with Crippen LogP contribution in [-0.4, -0.2) is 61.4 Å². The van der Waals surface area contributed by atoms with E-state index in [0.29, 0.717) is 23.4 Å². The highest BCUT2D eigenvalue weighted by Gasteiger charge is 2.70. The average molecular weight is 634 g/mol. The van der Waals surface area contributed by atoms with Gasteiger partial charge in [0.05, 0.1) is 20.8 Å². The Bertz CT molecular complexity index is 1770. The smallest absolute Gasteiger partial charge is 0.286 e. The van der Waals surface area contributed by atoms with Crippen LogP contribution in [0.25, 0.3) is 0 Å². The molecule has 2 unspecified atom stereocenters. The number of nitrogens with zero attached hydrogens (tertiary/aromatic N) is 6. The van der Waals surface area contributed by atoms with Gasteiger partial charge in [0.15, 0.2) is 5.82 Å². The molecule has 234 valence electrons. The minimum atomic E-state index is -0.408. The highest BCUT2D eigenvalue weighted by atomic mass is 32.2. The SMILES string of the molecule is COc1ccc([N+](Cc2ccccc2)(c2ccc(OC)cc2)C2C(=O)N3C(c4nnnn4Cc4ccccc4)C(C)(C)S[C@@H]23)cc1. The molecule has 2 fully saturated rings. The third kappa shape index (κ3) is 5.02. The summed E-state index contributed by atoms with van der Waals surface area (Å²) >= 11 is 1.82. The van der Waals surface area contributed by atoms with Crippen molar-refractivity contribution >= 4 is 29.0 Å². The third-order valence-corrected chi connectivity index (χ3v) is 10.8. The summed E-state index contributed by atoms with van der Waals surface area (Å²) in [7, 11) is 3.33. The van der Waals surface area contributed by atoms with E-state index in [2.05, 4.69) is 90.0 Å². The van der Waals surface area contributed by atoms with Crippen LogP contribution in [0, 0.1) is 0 Å². The number of aromatic nitrogens is 4. The summed E-state index contributed by atoms with van der Waals surface area (Å²) in [4.78, 5) is 16.9. The van der Waals surface area contributed by atoms with Crippen LogP contribution >= 0.6 is 11.8 Å². The summed E-state index contributed by atoms with van der Waals surface area (Å²) in [6.07, 6.45) is 0. The predicted molar refractivity (Wildman–Crippen MR) is 180 cm³/mol. The molecule has 0 saturated carbocycles. The molecular weight excluding hydrogens is 597 g/mol. The van der Waals surface area contributed by atoms with Crippen LogP contribution in [-0.2, 0) is 17.9 Å². The first-order valence-electron chi connectivity index (χ1n) is 15.4. The molecule has 3 atom stereocenters. The Morgan fingerprint density at radius 1 is 0.783 bits per heavy atom. The summed E-state index contributed by atoms with van der Waals surface area (Å²) in [5.74, 6) is 2.30. The Kier molecular flexibility index (Phi) is 7.78. The van der Waals surface area contributed by atoms with Gasteiger partial charge in [-0.3, -0.25) is 4.79 Å². The van der Waals surface area contributed by atoms with Crippen molar-refractivity contribution < 1.29 is 14.3 Å². The number of β-lactam (4-membered cyclic amide) rings is 1. The lowest BCUT2D eigenvalue weighted by atomic mass is 9.91. The molecule has 1 amide bonds. The van der Waals surface area contributed by atoms with E-state index < -0.39 is 6.04 Å². The monoisotopic (exact) mass is 633 g/mol. The van der Waals surface area contributed by atoms with E-state index in [1.807, 2.05) is 69.9 Å². The van der Waals surface area contributed by atoms with Gasteiger partial charge in [-0.1, -0.05) is 60.7 Å². The number of hydrogen-bond acceptors (Lipinski definition) is 7. The number of carbonyl (C=O) groups excluding carboxylic acids is 1. The Labute approximate surface area is 273 Å². The van der Waals surface area contributed by atoms with Crippen LogP contribution in [0.5, 0.6) is 11.5 Å². The van der Waals surface area contributed by atoms with Gasteiger partial charge in [0.25, 0.3) is 5.91 Å². The van der Waals surface area contributed by atoms with Gasteiger partial charge < -0.3 is 14.4 Å². The Balaban J connectivity index is 1.35. The Morgan fingerprint density at radius 2 is 1.33 bits per heavy atom. The van der Waals surface area contributed by atoms with Gasteiger partial charge in [0, 0.05) is 34.6 Å². The van der Waals surface area contributed by atoms with Gasteiger partial charge in [0.2, 0.25) is 6.04 Å². The fourth-order valence-electron chi connectivity index (χ4n) is 7.01. The second-order valence-electron chi connectivity index (χ2n) is 12.3. The highest BCUT2D eigenvalue weighted by Crippen LogP contribution is 2.61. The number of methoxy groups -OCH3 is 2. The number of tetrazole rings is 1. The van der Waals surface area contributed by atoms with Crippen molar-refractivity contribution in [2.45, 2.75) is 49.1 Å². The number of quaternary nitrogens is 1. The molecule has 3 heterocycles. The number of amides is 1. The Morgan fingerprint density at radius 3 is 1.87 bits per heavy atom. The maximum absolute atomic E-state index is 14.9. The predicted octanol–water partition coefficient (Wildman–Crippen LogP) is 6.38. The molecule has 7 rings (SSSR count). The van der Waals surface area contributed by atoms with Gasteiger partial charge in [-0.2, -0.15) is 0 Å². The molecule has 9 nitrogen and oxygen atoms in total. The lowest BCUT2D eigenvalue weighted by Crippen LogP contribution is -2.74. The van der Waals surface area contributed by atoms with Crippen molar-refractivity contribution in [2.75, 3.05) is 14.2 Å². The molecule has 0 spiro atoms. The van der Waals surface area contributed by atoms with E-state index in [-0.39, 0.29) is 22.1 Å². The molecule has 0 bridgehead atoms. The number of hydrogen-bond donors (Lipinski definition) is 0. The molecule has 1 aromatic heterocycles. The van der Waals surface area contributed by atoms with E-state index in [9.17, 15) is 4.79 Å². The molecule has 0 aliphatic carbocycles. The largest absolute Gasteiger partial charge is 0.497 e. The van der Waals surface area contributed by atoms with E-state index in [4.69, 9.17) is 9.47 Å². The van der Waals surface area contributed by atoms with Gasteiger partial charge in [-0.05, 0) is 54.1 Å². The molecule has 5 aromatic rings. The first kappa shape index (κ1) is 30.0. The first-order valence-corrected chi connectivity index (χ1v) is 16.2. The average Bonchev–Trinajstić information content (AvgIpc) is 3.63. The van der Waals surface area contributed by atoms with Crippen LogP contribution < -0.4 is 14.0 Å². The zero-order valence-electron chi connectivity index (χ0n) is 26.4. The zero-order valence-corrected chi connectivity index (χ0v) is 27.2. The first-order chi connectivity index (χ1) is 22.4. The molecule has 2 saturated heterocycles. The molecule has 0 N–H and O–H groups in total. The van der Waals surface area contributed by atoms with E-state index in [1.54, 1.807) is 14.2 Å². The van der Waals surface area contributed by atoms with Crippen molar-refractivity contribution in [3.8, 4) is 11.5 Å². The van der Waals surface area contributed by atoms with Crippen LogP contribution in [0.2, 0.25) is 0 Å². The van der Waals surface area contributed by atoms with Crippen molar-refractivity contribution in [1.82, 2.24) is 29.6 Å². The van der Waals surface area contributed by atoms with Crippen molar-refractivity contribution in [3.05, 3.63) is 126 Å². The summed E-state index contributed by atoms with van der Waals surface area (Å²) in [5, 5.41) is 12.8. The summed E-state index contributed by atoms with van der Waals surface area (Å²) in [5.41, 5.74) is 4.24. The standard InChI is InChI=1S/C36H37N6O3S/c1-36(2)32(33-37-38-39-40(33)23-25-11-7-5-8-12-25)41-34(43)31(35(41)46-36)42(24-26-13-9-6-10-14-26,27-15-19-29(44-3)20-16-27)28-17-21-30(45-4)22-18-28/h5-22,31-32,35H,23-24H2,1-4H3/q+1/t31?,32?,35-/m0/s1. The Hall–Kier alpha value is -4.67. The molecule has 46 heavy (non-hydrogen) atoms. The normalized spacial score (nSPS) is 20.2. The minimum absolute atomic E-state index is 0.0740. The minimum Gasteiger partial charge on any atom is -0.497 e. The van der Waals surface area contributed by atoms with Crippen LogP contribution in [0.3, 0.4) is 0 Å². The summed E-state index contributed by atoms with van der Waals surface area (Å²) in [6.45, 7) is 5.50. The topological polar surface area (TPSA) is 82.4 Å². The summed E-state index contributed by atoms with van der Waals surface area (Å²) in [6, 6.07) is 36.1. The summed E-state index contributed by atoms with van der Waals surface area (Å²) < 4.78 is 12.9. The maximum atomic E-state index is 14.9. The van der Waals surface area contributed by atoms with Gasteiger partial charge in [-0.25, -0.2) is 9.16 Å². The van der Waals surface area contributed by atoms with Gasteiger partial charge >= 0.3 is 0 Å². The maximum Gasteiger partial charge on any atom is 0.286 e. The van der Waals surface area contributed by atoms with Crippen molar-refractivity contribution in [1.29, 1.82) is 0 Å². The number of rotatable bonds is 10. The number of carbonyl (C=O) groups is 1. The second kappa shape index (κ2) is 11.9. The van der Waals surface area contributed by atoms with Gasteiger partial charge in [-0.15, -0.1) is 16.9 Å². The fraction of sp³-hybridized carbons (Fsp3) is 0.278. The van der Waals surface area contributed by atoms with Crippen LogP contribution in [0.1, 0.15) is 36.8 Å². The number of fused-ring (bicyclic) bond motifs is 1. The highest BCUT2D eigenvalue weighted by molar-refractivity contribution is 8.01. The number of benzene rings is 4. The molecular formula is C36H37N6O3S+. The molecule has 0 radical (unpaired) electrons. The fourth-order valence-corrected chi connectivity index (χ4v) is 8.78. The lowest BCUT2D eigenvalue weighted by molar-refractivity contribution is -0.154. The lowest BCUT2D eigenvalue weighted by Gasteiger charge is -2.53. The van der Waals surface area contributed by atoms with Crippen LogP contribution in [0.15, 0.2) is 109 Å². The molecule has 2 aliphatic rings. The van der Waals surface area contributed by atoms with Crippen molar-refractivity contribution in [2.24, 2.45) is 0 Å².